The van der Waals surface area contributed by atoms with Gasteiger partial charge in [-0.1, -0.05) is 43.1 Å². The van der Waals surface area contributed by atoms with Crippen molar-refractivity contribution >= 4 is 52.4 Å². The zero-order valence-electron chi connectivity index (χ0n) is 28.2. The van der Waals surface area contributed by atoms with Gasteiger partial charge in [-0.15, -0.1) is 0 Å². The quantitative estimate of drug-likeness (QED) is 0.291. The second-order valence-corrected chi connectivity index (χ2v) is 17.3. The average molecular weight is 684 g/mol. The number of carbonyl (C=O) groups is 3. The molecule has 0 aromatic heterocycles. The lowest BCUT2D eigenvalue weighted by molar-refractivity contribution is -0.127. The summed E-state index contributed by atoms with van der Waals surface area (Å²) < 4.78 is 5.53. The number of Topliss-reactive ketones (excluding diaryl/α,β-unsaturated/α-hetero) is 1. The van der Waals surface area contributed by atoms with Gasteiger partial charge in [0.05, 0.1) is 11.5 Å². The third kappa shape index (κ3) is 6.45. The number of hydrogen-bond donors (Lipinski definition) is 3. The van der Waals surface area contributed by atoms with Gasteiger partial charge in [-0.05, 0) is 137 Å². The van der Waals surface area contributed by atoms with Crippen molar-refractivity contribution in [2.45, 2.75) is 122 Å². The Hall–Kier alpha value is -2.61. The molecule has 2 amide bonds. The van der Waals surface area contributed by atoms with Crippen LogP contribution in [0.1, 0.15) is 116 Å². The number of halogens is 2. The molecule has 3 N–H and O–H groups in total. The van der Waals surface area contributed by atoms with Gasteiger partial charge in [0.2, 0.25) is 5.91 Å². The predicted molar refractivity (Wildman–Crippen MR) is 186 cm³/mol. The first-order chi connectivity index (χ1) is 22.0. The molecule has 1 aliphatic heterocycles. The van der Waals surface area contributed by atoms with Crippen molar-refractivity contribution in [1.29, 1.82) is 0 Å². The van der Waals surface area contributed by atoms with Crippen LogP contribution in [0.5, 0.6) is 0 Å². The second-order valence-electron chi connectivity index (χ2n) is 16.4. The lowest BCUT2D eigenvalue weighted by atomic mass is 9.51. The van der Waals surface area contributed by atoms with E-state index in [0.29, 0.717) is 47.1 Å². The van der Waals surface area contributed by atoms with Gasteiger partial charge >= 0.3 is 6.09 Å². The number of hydrogen-bond acceptors (Lipinski definition) is 5. The maximum absolute atomic E-state index is 14.9. The third-order valence-corrected chi connectivity index (χ3v) is 12.0. The Labute approximate surface area is 288 Å². The van der Waals surface area contributed by atoms with E-state index in [4.69, 9.17) is 27.9 Å². The van der Waals surface area contributed by atoms with Crippen LogP contribution in [0.4, 0.5) is 16.2 Å². The zero-order chi connectivity index (χ0) is 33.9. The Bertz CT molecular complexity index is 1560. The molecule has 0 bridgehead atoms. The number of anilines is 2. The van der Waals surface area contributed by atoms with Gasteiger partial charge in [0.15, 0.2) is 0 Å². The SMILES string of the molecule is CC1(C)CCC2(CC1)C[C@@H](C(=O)CC1CCC(O)CC1)[C@H](c1cc(Cl)cc(NC(=O)OC(C)(C)C)c1)[C@]21C(=O)Nc2cc(Cl)ccc21. The summed E-state index contributed by atoms with van der Waals surface area (Å²) in [7, 11) is 0. The predicted octanol–water partition coefficient (Wildman–Crippen LogP) is 9.43. The monoisotopic (exact) mass is 682 g/mol. The standard InChI is InChI=1S/C38H48Cl2N2O5/c1-35(2,3)47-34(46)41-26-18-23(17-25(40)19-26)32-28(31(44)16-22-6-9-27(43)10-7-22)21-37(14-12-36(4,5)13-15-37)38(32)29-11-8-24(39)20-30(29)42-33(38)45/h8,11,17-20,22,27-28,32,43H,6-7,9-10,12-16,21H2,1-5H3,(H,41,46)(H,42,45)/t22?,27?,28-,32-,38+/m0/s1. The van der Waals surface area contributed by atoms with Gasteiger partial charge in [-0.25, -0.2) is 4.79 Å². The fraction of sp³-hybridized carbons (Fsp3) is 0.605. The first kappa shape index (κ1) is 34.3. The van der Waals surface area contributed by atoms with Crippen molar-refractivity contribution in [3.63, 3.8) is 0 Å². The number of benzene rings is 2. The normalized spacial score (nSPS) is 29.4. The van der Waals surface area contributed by atoms with Crippen LogP contribution >= 0.6 is 23.2 Å². The molecular formula is C38H48Cl2N2O5. The van der Waals surface area contributed by atoms with Crippen LogP contribution in [0.25, 0.3) is 0 Å². The maximum Gasteiger partial charge on any atom is 0.412 e. The van der Waals surface area contributed by atoms with E-state index in [1.54, 1.807) is 26.8 Å². The minimum absolute atomic E-state index is 0.0998. The van der Waals surface area contributed by atoms with E-state index < -0.39 is 34.4 Å². The average Bonchev–Trinajstić information content (AvgIpc) is 3.42. The number of nitrogens with one attached hydrogen (secondary N) is 2. The number of fused-ring (bicyclic) bond motifs is 3. The molecule has 254 valence electrons. The Morgan fingerprint density at radius 1 is 0.979 bits per heavy atom. The molecule has 0 radical (unpaired) electrons. The summed E-state index contributed by atoms with van der Waals surface area (Å²) in [6.07, 6.45) is 6.68. The summed E-state index contributed by atoms with van der Waals surface area (Å²) in [6.45, 7) is 9.97. The molecule has 0 unspecified atom stereocenters. The molecule has 6 rings (SSSR count). The molecule has 2 aromatic rings. The van der Waals surface area contributed by atoms with E-state index in [-0.39, 0.29) is 29.1 Å². The number of aliphatic hydroxyl groups is 1. The molecule has 4 aliphatic rings. The van der Waals surface area contributed by atoms with Gasteiger partial charge in [-0.3, -0.25) is 14.9 Å². The first-order valence-electron chi connectivity index (χ1n) is 17.1. The second kappa shape index (κ2) is 12.4. The van der Waals surface area contributed by atoms with Crippen LogP contribution in [0.15, 0.2) is 36.4 Å². The molecule has 3 aliphatic carbocycles. The highest BCUT2D eigenvalue weighted by Gasteiger charge is 2.72. The van der Waals surface area contributed by atoms with E-state index in [1.165, 1.54) is 0 Å². The van der Waals surface area contributed by atoms with Crippen molar-refractivity contribution in [3.05, 3.63) is 57.6 Å². The lowest BCUT2D eigenvalue weighted by Gasteiger charge is -2.51. The molecular weight excluding hydrogens is 635 g/mol. The highest BCUT2D eigenvalue weighted by Crippen LogP contribution is 2.72. The van der Waals surface area contributed by atoms with Gasteiger partial charge in [0.1, 0.15) is 11.4 Å². The molecule has 1 heterocycles. The molecule has 2 spiro atoms. The van der Waals surface area contributed by atoms with E-state index in [1.807, 2.05) is 30.3 Å². The summed E-state index contributed by atoms with van der Waals surface area (Å²) in [5.41, 5.74) is 0.702. The van der Waals surface area contributed by atoms with Crippen molar-refractivity contribution in [2.24, 2.45) is 22.7 Å². The number of ketones is 1. The summed E-state index contributed by atoms with van der Waals surface area (Å²) in [5, 5.41) is 17.1. The third-order valence-electron chi connectivity index (χ3n) is 11.5. The molecule has 2 aromatic carbocycles. The van der Waals surface area contributed by atoms with Gasteiger partial charge < -0.3 is 15.2 Å². The highest BCUT2D eigenvalue weighted by atomic mass is 35.5. The summed E-state index contributed by atoms with van der Waals surface area (Å²) in [4.78, 5) is 42.4. The number of rotatable bonds is 5. The largest absolute Gasteiger partial charge is 0.444 e. The molecule has 7 nitrogen and oxygen atoms in total. The highest BCUT2D eigenvalue weighted by molar-refractivity contribution is 6.31. The van der Waals surface area contributed by atoms with E-state index >= 15 is 0 Å². The first-order valence-corrected chi connectivity index (χ1v) is 17.9. The maximum atomic E-state index is 14.9. The molecule has 47 heavy (non-hydrogen) atoms. The fourth-order valence-corrected chi connectivity index (χ4v) is 9.75. The van der Waals surface area contributed by atoms with Crippen molar-refractivity contribution < 1.29 is 24.2 Å². The fourth-order valence-electron chi connectivity index (χ4n) is 9.33. The smallest absolute Gasteiger partial charge is 0.412 e. The molecule has 9 heteroatoms. The molecule has 0 saturated heterocycles. The number of aliphatic hydroxyl groups excluding tert-OH is 1. The molecule has 3 fully saturated rings. The molecule has 3 saturated carbocycles. The Morgan fingerprint density at radius 3 is 2.32 bits per heavy atom. The van der Waals surface area contributed by atoms with Gasteiger partial charge in [0.25, 0.3) is 0 Å². The van der Waals surface area contributed by atoms with Crippen LogP contribution in [-0.4, -0.2) is 34.6 Å². The van der Waals surface area contributed by atoms with Crippen LogP contribution in [0, 0.1) is 22.7 Å². The van der Waals surface area contributed by atoms with Crippen molar-refractivity contribution in [2.75, 3.05) is 10.6 Å². The Balaban J connectivity index is 1.51. The van der Waals surface area contributed by atoms with Crippen molar-refractivity contribution in [1.82, 2.24) is 0 Å². The van der Waals surface area contributed by atoms with Gasteiger partial charge in [-0.2, -0.15) is 0 Å². The lowest BCUT2D eigenvalue weighted by Crippen LogP contribution is -2.52. The van der Waals surface area contributed by atoms with Crippen LogP contribution in [-0.2, 0) is 19.7 Å². The molecule has 3 atom stereocenters. The number of ether oxygens (including phenoxy) is 1. The Morgan fingerprint density at radius 2 is 1.66 bits per heavy atom. The summed E-state index contributed by atoms with van der Waals surface area (Å²) in [6, 6.07) is 11.0. The van der Waals surface area contributed by atoms with E-state index in [2.05, 4.69) is 24.5 Å². The minimum Gasteiger partial charge on any atom is -0.444 e. The number of carbonyl (C=O) groups excluding carboxylic acids is 3. The summed E-state index contributed by atoms with van der Waals surface area (Å²) >= 11 is 13.3. The van der Waals surface area contributed by atoms with E-state index in [9.17, 15) is 19.5 Å². The van der Waals surface area contributed by atoms with Crippen LogP contribution in [0.3, 0.4) is 0 Å². The van der Waals surface area contributed by atoms with Crippen molar-refractivity contribution in [3.8, 4) is 0 Å². The topological polar surface area (TPSA) is 105 Å². The van der Waals surface area contributed by atoms with E-state index in [0.717, 1.165) is 49.7 Å². The summed E-state index contributed by atoms with van der Waals surface area (Å²) in [5.74, 6) is -0.697. The van der Waals surface area contributed by atoms with Crippen LogP contribution in [0.2, 0.25) is 10.0 Å². The van der Waals surface area contributed by atoms with Gasteiger partial charge in [0, 0.05) is 39.7 Å². The van der Waals surface area contributed by atoms with Crippen LogP contribution < -0.4 is 10.6 Å². The number of amides is 2. The zero-order valence-corrected chi connectivity index (χ0v) is 29.7. The minimum atomic E-state index is -1.04. The Kier molecular flexibility index (Phi) is 9.02.